The van der Waals surface area contributed by atoms with Crippen LogP contribution in [0.4, 0.5) is 5.69 Å². The third-order valence-electron chi connectivity index (χ3n) is 2.28. The topological polar surface area (TPSA) is 93.5 Å². The Morgan fingerprint density at radius 1 is 1.44 bits per heavy atom. The van der Waals surface area contributed by atoms with Gasteiger partial charge >= 0.3 is 5.97 Å². The number of hydrogen-bond donors (Lipinski definition) is 2. The highest BCUT2D eigenvalue weighted by Crippen LogP contribution is 2.18. The molecule has 0 spiro atoms. The highest BCUT2D eigenvalue weighted by molar-refractivity contribution is 5.94. The average molecular weight is 219 g/mol. The first-order valence-corrected chi connectivity index (χ1v) is 4.57. The zero-order valence-corrected chi connectivity index (χ0v) is 8.48. The van der Waals surface area contributed by atoms with Crippen LogP contribution >= 0.6 is 0 Å². The van der Waals surface area contributed by atoms with E-state index in [-0.39, 0.29) is 11.3 Å². The number of carbonyl (C=O) groups is 1. The maximum atomic E-state index is 11.8. The second kappa shape index (κ2) is 3.37. The molecule has 0 unspecified atom stereocenters. The number of carboxylic acid groups (broad SMARTS) is 1. The number of rotatable bonds is 1. The number of aromatic carboxylic acids is 1. The number of hydrogen-bond acceptors (Lipinski definition) is 4. The van der Waals surface area contributed by atoms with E-state index in [0.717, 1.165) is 5.56 Å². The molecule has 16 heavy (non-hydrogen) atoms. The Balaban J connectivity index is 2.94. The molecule has 2 rings (SSSR count). The molecule has 0 saturated heterocycles. The van der Waals surface area contributed by atoms with Crippen LogP contribution in [0.3, 0.4) is 0 Å². The monoisotopic (exact) mass is 219 g/mol. The maximum Gasteiger partial charge on any atom is 0.374 e. The van der Waals surface area contributed by atoms with Gasteiger partial charge in [0.1, 0.15) is 11.3 Å². The third kappa shape index (κ3) is 1.42. The SMILES string of the molecule is Cc1ccc2oc(C(=O)O)c(N)c(=O)c2c1. The number of carboxylic acids is 1. The number of benzene rings is 1. The van der Waals surface area contributed by atoms with Crippen molar-refractivity contribution >= 4 is 22.6 Å². The lowest BCUT2D eigenvalue weighted by atomic mass is 10.1. The smallest absolute Gasteiger partial charge is 0.374 e. The summed E-state index contributed by atoms with van der Waals surface area (Å²) in [5, 5.41) is 9.09. The Kier molecular flexibility index (Phi) is 2.16. The van der Waals surface area contributed by atoms with Crippen molar-refractivity contribution in [3.8, 4) is 0 Å². The zero-order valence-electron chi connectivity index (χ0n) is 8.48. The first kappa shape index (κ1) is 10.2. The Hall–Kier alpha value is -2.30. The molecule has 0 fully saturated rings. The van der Waals surface area contributed by atoms with Crippen molar-refractivity contribution in [3.05, 3.63) is 39.7 Å². The number of nitrogen functional groups attached to an aromatic ring is 1. The molecule has 0 amide bonds. The van der Waals surface area contributed by atoms with Crippen LogP contribution in [-0.4, -0.2) is 11.1 Å². The van der Waals surface area contributed by atoms with E-state index >= 15 is 0 Å². The van der Waals surface area contributed by atoms with E-state index in [2.05, 4.69) is 0 Å². The van der Waals surface area contributed by atoms with Crippen molar-refractivity contribution in [2.45, 2.75) is 6.92 Å². The van der Waals surface area contributed by atoms with Crippen LogP contribution in [-0.2, 0) is 0 Å². The summed E-state index contributed by atoms with van der Waals surface area (Å²) in [6, 6.07) is 4.90. The largest absolute Gasteiger partial charge is 0.475 e. The summed E-state index contributed by atoms with van der Waals surface area (Å²) in [5.41, 5.74) is 5.63. The fourth-order valence-corrected chi connectivity index (χ4v) is 1.48. The summed E-state index contributed by atoms with van der Waals surface area (Å²) in [6.07, 6.45) is 0. The quantitative estimate of drug-likeness (QED) is 0.755. The van der Waals surface area contributed by atoms with E-state index in [4.69, 9.17) is 15.3 Å². The summed E-state index contributed by atoms with van der Waals surface area (Å²) >= 11 is 0. The molecule has 0 bridgehead atoms. The maximum absolute atomic E-state index is 11.8. The van der Waals surface area contributed by atoms with Crippen molar-refractivity contribution in [1.82, 2.24) is 0 Å². The van der Waals surface area contributed by atoms with Crippen molar-refractivity contribution in [3.63, 3.8) is 0 Å². The first-order valence-electron chi connectivity index (χ1n) is 4.57. The normalized spacial score (nSPS) is 10.6. The van der Waals surface area contributed by atoms with Gasteiger partial charge in [-0.2, -0.15) is 0 Å². The van der Waals surface area contributed by atoms with Gasteiger partial charge in [-0.05, 0) is 19.1 Å². The van der Waals surface area contributed by atoms with E-state index in [1.54, 1.807) is 18.2 Å². The van der Waals surface area contributed by atoms with Gasteiger partial charge in [-0.3, -0.25) is 4.79 Å². The van der Waals surface area contributed by atoms with Gasteiger partial charge in [0, 0.05) is 0 Å². The van der Waals surface area contributed by atoms with Crippen molar-refractivity contribution < 1.29 is 14.3 Å². The Labute approximate surface area is 90.1 Å². The van der Waals surface area contributed by atoms with Gasteiger partial charge in [0.2, 0.25) is 11.2 Å². The van der Waals surface area contributed by atoms with Crippen LogP contribution < -0.4 is 11.2 Å². The van der Waals surface area contributed by atoms with Crippen LogP contribution in [0.15, 0.2) is 27.4 Å². The molecule has 1 heterocycles. The van der Waals surface area contributed by atoms with Gasteiger partial charge in [-0.15, -0.1) is 0 Å². The summed E-state index contributed by atoms with van der Waals surface area (Å²) < 4.78 is 5.07. The summed E-state index contributed by atoms with van der Waals surface area (Å²) in [5.74, 6) is -1.86. The van der Waals surface area contributed by atoms with E-state index in [9.17, 15) is 9.59 Å². The van der Waals surface area contributed by atoms with E-state index < -0.39 is 17.2 Å². The summed E-state index contributed by atoms with van der Waals surface area (Å²) in [4.78, 5) is 22.5. The highest BCUT2D eigenvalue weighted by Gasteiger charge is 2.17. The molecule has 0 saturated carbocycles. The molecule has 2 aromatic rings. The molecule has 5 heteroatoms. The Morgan fingerprint density at radius 3 is 2.75 bits per heavy atom. The van der Waals surface area contributed by atoms with Gasteiger partial charge in [0.05, 0.1) is 5.39 Å². The van der Waals surface area contributed by atoms with Gasteiger partial charge in [0.15, 0.2) is 0 Å². The Morgan fingerprint density at radius 2 is 2.12 bits per heavy atom. The fraction of sp³-hybridized carbons (Fsp3) is 0.0909. The summed E-state index contributed by atoms with van der Waals surface area (Å²) in [6.45, 7) is 1.82. The van der Waals surface area contributed by atoms with Crippen molar-refractivity contribution in [2.75, 3.05) is 5.73 Å². The molecular formula is C11H9NO4. The van der Waals surface area contributed by atoms with Crippen LogP contribution in [0.1, 0.15) is 16.1 Å². The molecule has 5 nitrogen and oxygen atoms in total. The second-order valence-electron chi connectivity index (χ2n) is 3.48. The molecule has 1 aromatic carbocycles. The number of anilines is 1. The fourth-order valence-electron chi connectivity index (χ4n) is 1.48. The molecule has 0 aliphatic carbocycles. The van der Waals surface area contributed by atoms with Gasteiger partial charge in [0.25, 0.3) is 0 Å². The lowest BCUT2D eigenvalue weighted by molar-refractivity contribution is 0.0665. The third-order valence-corrected chi connectivity index (χ3v) is 2.28. The van der Waals surface area contributed by atoms with Gasteiger partial charge in [-0.25, -0.2) is 4.79 Å². The molecule has 0 atom stereocenters. The minimum Gasteiger partial charge on any atom is -0.475 e. The van der Waals surface area contributed by atoms with Crippen LogP contribution in [0, 0.1) is 6.92 Å². The molecule has 0 radical (unpaired) electrons. The van der Waals surface area contributed by atoms with Crippen molar-refractivity contribution in [2.24, 2.45) is 0 Å². The van der Waals surface area contributed by atoms with E-state index in [0.29, 0.717) is 5.39 Å². The molecule has 82 valence electrons. The standard InChI is InChI=1S/C11H9NO4/c1-5-2-3-7-6(4-5)9(13)8(12)10(16-7)11(14)15/h2-4H,12H2,1H3,(H,14,15). The summed E-state index contributed by atoms with van der Waals surface area (Å²) in [7, 11) is 0. The zero-order chi connectivity index (χ0) is 11.9. The molecular weight excluding hydrogens is 210 g/mol. The highest BCUT2D eigenvalue weighted by atomic mass is 16.4. The molecule has 1 aromatic heterocycles. The first-order chi connectivity index (χ1) is 7.50. The van der Waals surface area contributed by atoms with Gasteiger partial charge in [-0.1, -0.05) is 11.6 Å². The van der Waals surface area contributed by atoms with Gasteiger partial charge < -0.3 is 15.3 Å². The number of fused-ring (bicyclic) bond motifs is 1. The molecule has 0 aliphatic heterocycles. The van der Waals surface area contributed by atoms with E-state index in [1.807, 2.05) is 6.92 Å². The molecule has 0 aliphatic rings. The Bertz CT molecular complexity index is 642. The predicted molar refractivity (Wildman–Crippen MR) is 58.6 cm³/mol. The average Bonchev–Trinajstić information content (AvgIpc) is 2.23. The number of nitrogens with two attached hydrogens (primary N) is 1. The van der Waals surface area contributed by atoms with E-state index in [1.165, 1.54) is 0 Å². The molecule has 3 N–H and O–H groups in total. The van der Waals surface area contributed by atoms with Crippen LogP contribution in [0.2, 0.25) is 0 Å². The lowest BCUT2D eigenvalue weighted by Gasteiger charge is -2.03. The van der Waals surface area contributed by atoms with Crippen molar-refractivity contribution in [1.29, 1.82) is 0 Å². The lowest BCUT2D eigenvalue weighted by Crippen LogP contribution is -2.14. The number of aryl methyl sites for hydroxylation is 1. The minimum atomic E-state index is -1.35. The predicted octanol–water partition coefficient (Wildman–Crippen LogP) is 1.38. The van der Waals surface area contributed by atoms with Crippen LogP contribution in [0.5, 0.6) is 0 Å². The minimum absolute atomic E-state index is 0.224. The second-order valence-corrected chi connectivity index (χ2v) is 3.48. The van der Waals surface area contributed by atoms with Crippen LogP contribution in [0.25, 0.3) is 11.0 Å².